The molecule has 0 N–H and O–H groups in total. The molecule has 5 nitrogen and oxygen atoms in total. The fraction of sp³-hybridized carbons (Fsp3) is 0.367. The quantitative estimate of drug-likeness (QED) is 0.505. The van der Waals surface area contributed by atoms with Gasteiger partial charge in [0.25, 0.3) is 5.91 Å². The third-order valence-corrected chi connectivity index (χ3v) is 7.14. The van der Waals surface area contributed by atoms with Crippen molar-refractivity contribution in [2.45, 2.75) is 51.5 Å². The Morgan fingerprint density at radius 2 is 1.80 bits per heavy atom. The summed E-state index contributed by atoms with van der Waals surface area (Å²) in [5.74, 6) is 0.522. The Kier molecular flexibility index (Phi) is 6.94. The van der Waals surface area contributed by atoms with Gasteiger partial charge in [-0.2, -0.15) is 0 Å². The van der Waals surface area contributed by atoms with E-state index in [9.17, 15) is 9.59 Å². The zero-order chi connectivity index (χ0) is 24.2. The summed E-state index contributed by atoms with van der Waals surface area (Å²) in [4.78, 5) is 34.2. The molecule has 0 bridgehead atoms. The fourth-order valence-electron chi connectivity index (χ4n) is 5.34. The number of aryl methyl sites for hydroxylation is 1. The van der Waals surface area contributed by atoms with Crippen molar-refractivity contribution in [3.63, 3.8) is 0 Å². The molecule has 0 unspecified atom stereocenters. The van der Waals surface area contributed by atoms with Crippen LogP contribution in [0, 0.1) is 6.92 Å². The van der Waals surface area contributed by atoms with Gasteiger partial charge in [0.2, 0.25) is 5.91 Å². The molecule has 2 fully saturated rings. The lowest BCUT2D eigenvalue weighted by Gasteiger charge is -2.33. The van der Waals surface area contributed by atoms with Crippen LogP contribution in [0.3, 0.4) is 0 Å². The molecular weight excluding hydrogens is 434 g/mol. The molecule has 0 radical (unpaired) electrons. The van der Waals surface area contributed by atoms with Gasteiger partial charge < -0.3 is 9.80 Å². The third-order valence-electron chi connectivity index (χ3n) is 7.14. The molecule has 1 aromatic heterocycles. The minimum absolute atomic E-state index is 0.0696. The van der Waals surface area contributed by atoms with Gasteiger partial charge in [-0.05, 0) is 61.6 Å². The first kappa shape index (κ1) is 23.3. The molecule has 0 saturated carbocycles. The van der Waals surface area contributed by atoms with Crippen molar-refractivity contribution in [1.29, 1.82) is 0 Å². The highest BCUT2D eigenvalue weighted by Gasteiger charge is 2.27. The summed E-state index contributed by atoms with van der Waals surface area (Å²) in [5.41, 5.74) is 6.40. The summed E-state index contributed by atoms with van der Waals surface area (Å²) in [6.07, 6.45) is 4.39. The number of rotatable bonds is 6. The lowest BCUT2D eigenvalue weighted by molar-refractivity contribution is -0.128. The smallest absolute Gasteiger partial charge is 0.253 e. The van der Waals surface area contributed by atoms with Gasteiger partial charge in [-0.25, -0.2) is 0 Å². The van der Waals surface area contributed by atoms with Crippen LogP contribution in [0.4, 0.5) is 0 Å². The van der Waals surface area contributed by atoms with Crippen LogP contribution >= 0.6 is 0 Å². The van der Waals surface area contributed by atoms with Crippen molar-refractivity contribution in [1.82, 2.24) is 14.8 Å². The maximum atomic E-state index is 13.4. The van der Waals surface area contributed by atoms with Gasteiger partial charge in [0.15, 0.2) is 0 Å². The van der Waals surface area contributed by atoms with Crippen LogP contribution in [0.2, 0.25) is 0 Å². The van der Waals surface area contributed by atoms with Crippen molar-refractivity contribution < 1.29 is 9.59 Å². The summed E-state index contributed by atoms with van der Waals surface area (Å²) in [6.45, 7) is 4.96. The second kappa shape index (κ2) is 10.4. The number of pyridine rings is 1. The van der Waals surface area contributed by atoms with Crippen LogP contribution < -0.4 is 0 Å². The van der Waals surface area contributed by atoms with Crippen LogP contribution in [0.15, 0.2) is 66.7 Å². The summed E-state index contributed by atoms with van der Waals surface area (Å²) >= 11 is 0. The molecule has 3 heterocycles. The lowest BCUT2D eigenvalue weighted by Crippen LogP contribution is -2.39. The number of nitrogens with zero attached hydrogens (tertiary/aromatic N) is 3. The molecule has 2 amide bonds. The van der Waals surface area contributed by atoms with Crippen molar-refractivity contribution in [2.24, 2.45) is 0 Å². The first-order valence-electron chi connectivity index (χ1n) is 12.7. The Morgan fingerprint density at radius 1 is 0.971 bits per heavy atom. The van der Waals surface area contributed by atoms with E-state index >= 15 is 0 Å². The van der Waals surface area contributed by atoms with E-state index in [4.69, 9.17) is 4.98 Å². The van der Waals surface area contributed by atoms with Gasteiger partial charge in [-0.15, -0.1) is 0 Å². The molecule has 1 atom stereocenters. The predicted octanol–water partition coefficient (Wildman–Crippen LogP) is 5.12. The van der Waals surface area contributed by atoms with E-state index in [-0.39, 0.29) is 17.7 Å². The first-order chi connectivity index (χ1) is 17.0. The Morgan fingerprint density at radius 3 is 2.63 bits per heavy atom. The van der Waals surface area contributed by atoms with Crippen molar-refractivity contribution in [2.75, 3.05) is 19.6 Å². The van der Waals surface area contributed by atoms with E-state index in [0.29, 0.717) is 25.1 Å². The third kappa shape index (κ3) is 5.61. The molecule has 3 aromatic rings. The monoisotopic (exact) mass is 467 g/mol. The summed E-state index contributed by atoms with van der Waals surface area (Å²) in [5, 5.41) is 0. The second-order valence-corrected chi connectivity index (χ2v) is 9.93. The Labute approximate surface area is 207 Å². The Hall–Kier alpha value is -3.47. The standard InChI is InChI=1S/C30H33N3O2/c1-22-7-2-8-23(17-22)19-27-12-4-13-28(31-27)26-11-5-16-33(21-26)30(35)25-10-3-9-24(18-25)20-32-15-6-14-29(32)34/h2-4,7-10,12-13,17-18,26H,5-6,11,14-16,19-21H2,1H3/t26-/m0/s1. The van der Waals surface area contributed by atoms with E-state index in [0.717, 1.165) is 55.7 Å². The molecule has 2 aliphatic rings. The minimum Gasteiger partial charge on any atom is -0.338 e. The van der Waals surface area contributed by atoms with Gasteiger partial charge >= 0.3 is 0 Å². The van der Waals surface area contributed by atoms with E-state index in [1.165, 1.54) is 11.1 Å². The van der Waals surface area contributed by atoms with Gasteiger partial charge in [0.05, 0.1) is 0 Å². The number of benzene rings is 2. The highest BCUT2D eigenvalue weighted by molar-refractivity contribution is 5.94. The van der Waals surface area contributed by atoms with Crippen LogP contribution in [0.5, 0.6) is 0 Å². The zero-order valence-corrected chi connectivity index (χ0v) is 20.5. The minimum atomic E-state index is 0.0696. The molecule has 35 heavy (non-hydrogen) atoms. The lowest BCUT2D eigenvalue weighted by atomic mass is 9.93. The van der Waals surface area contributed by atoms with Gasteiger partial charge in [-0.3, -0.25) is 14.6 Å². The highest BCUT2D eigenvalue weighted by Crippen LogP contribution is 2.27. The van der Waals surface area contributed by atoms with Crippen molar-refractivity contribution in [3.05, 3.63) is 100 Å². The fourth-order valence-corrected chi connectivity index (χ4v) is 5.34. The normalized spacial score (nSPS) is 18.2. The van der Waals surface area contributed by atoms with Crippen LogP contribution in [0.25, 0.3) is 0 Å². The molecule has 0 aliphatic carbocycles. The second-order valence-electron chi connectivity index (χ2n) is 9.93. The number of carbonyl (C=O) groups excluding carboxylic acids is 2. The maximum absolute atomic E-state index is 13.4. The average molecular weight is 468 g/mol. The number of aromatic nitrogens is 1. The van der Waals surface area contributed by atoms with Gasteiger partial charge in [0.1, 0.15) is 0 Å². The number of carbonyl (C=O) groups is 2. The van der Waals surface area contributed by atoms with E-state index in [2.05, 4.69) is 49.4 Å². The van der Waals surface area contributed by atoms with Crippen molar-refractivity contribution >= 4 is 11.8 Å². The summed E-state index contributed by atoms with van der Waals surface area (Å²) in [6, 6.07) is 22.6. The molecule has 180 valence electrons. The number of hydrogen-bond acceptors (Lipinski definition) is 3. The molecular formula is C30H33N3O2. The summed E-state index contributed by atoms with van der Waals surface area (Å²) < 4.78 is 0. The maximum Gasteiger partial charge on any atom is 0.253 e. The van der Waals surface area contributed by atoms with Gasteiger partial charge in [0, 0.05) is 61.9 Å². The van der Waals surface area contributed by atoms with Crippen molar-refractivity contribution in [3.8, 4) is 0 Å². The SMILES string of the molecule is Cc1cccc(Cc2cccc([C@H]3CCCN(C(=O)c4cccc(CN5CCCC5=O)c4)C3)n2)c1. The van der Waals surface area contributed by atoms with Gasteiger partial charge in [-0.1, -0.05) is 48.0 Å². The highest BCUT2D eigenvalue weighted by atomic mass is 16.2. The largest absolute Gasteiger partial charge is 0.338 e. The molecule has 2 aromatic carbocycles. The van der Waals surface area contributed by atoms with Crippen LogP contribution in [-0.2, 0) is 17.8 Å². The number of likely N-dealkylation sites (tertiary alicyclic amines) is 2. The molecule has 0 spiro atoms. The topological polar surface area (TPSA) is 53.5 Å². The number of piperidine rings is 1. The summed E-state index contributed by atoms with van der Waals surface area (Å²) in [7, 11) is 0. The van der Waals surface area contributed by atoms with E-state index in [1.807, 2.05) is 34.1 Å². The number of amides is 2. The number of hydrogen-bond donors (Lipinski definition) is 0. The van der Waals surface area contributed by atoms with E-state index in [1.54, 1.807) is 0 Å². The molecule has 2 aliphatic heterocycles. The molecule has 2 saturated heterocycles. The zero-order valence-electron chi connectivity index (χ0n) is 20.5. The first-order valence-corrected chi connectivity index (χ1v) is 12.7. The Balaban J connectivity index is 1.26. The molecule has 5 rings (SSSR count). The Bertz CT molecular complexity index is 1220. The predicted molar refractivity (Wildman–Crippen MR) is 137 cm³/mol. The molecule has 5 heteroatoms. The van der Waals surface area contributed by atoms with Crippen LogP contribution in [0.1, 0.15) is 70.0 Å². The van der Waals surface area contributed by atoms with Crippen LogP contribution in [-0.4, -0.2) is 46.2 Å². The average Bonchev–Trinajstić information content (AvgIpc) is 3.28. The van der Waals surface area contributed by atoms with E-state index < -0.39 is 0 Å².